The average Bonchev–Trinajstić information content (AvgIpc) is 1.91. The molecule has 0 aromatic rings. The molecular formula is C7H12NO. The molecule has 0 atom stereocenters. The van der Waals surface area contributed by atoms with Gasteiger partial charge in [0.25, 0.3) is 0 Å². The van der Waals surface area contributed by atoms with Gasteiger partial charge >= 0.3 is 0 Å². The lowest BCUT2D eigenvalue weighted by molar-refractivity contribution is 0.146. The summed E-state index contributed by atoms with van der Waals surface area (Å²) >= 11 is 0. The van der Waals surface area contributed by atoms with Gasteiger partial charge in [-0.1, -0.05) is 12.2 Å². The molecule has 0 saturated heterocycles. The first-order valence-electron chi connectivity index (χ1n) is 3.39. The largest absolute Gasteiger partial charge is 0.297 e. The van der Waals surface area contributed by atoms with Crippen LogP contribution in [0.4, 0.5) is 0 Å². The maximum absolute atomic E-state index is 10.1. The van der Waals surface area contributed by atoms with Crippen LogP contribution >= 0.6 is 0 Å². The molecule has 0 bridgehead atoms. The lowest BCUT2D eigenvalue weighted by atomic mass is 10.2. The highest BCUT2D eigenvalue weighted by Crippen LogP contribution is 1.98. The van der Waals surface area contributed by atoms with Gasteiger partial charge in [0.2, 0.25) is 0 Å². The minimum Gasteiger partial charge on any atom is -0.297 e. The highest BCUT2D eigenvalue weighted by molar-refractivity contribution is 4.90. The van der Waals surface area contributed by atoms with Crippen LogP contribution in [0, 0.1) is 0 Å². The second-order valence-corrected chi connectivity index (χ2v) is 2.26. The number of hydrogen-bond donors (Lipinski definition) is 0. The fraction of sp³-hybridized carbons (Fsp3) is 0.714. The Balaban J connectivity index is 2.18. The van der Waals surface area contributed by atoms with Gasteiger partial charge in [0, 0.05) is 19.6 Å². The molecule has 2 heteroatoms. The van der Waals surface area contributed by atoms with E-state index < -0.39 is 0 Å². The highest BCUT2D eigenvalue weighted by atomic mass is 16.3. The molecule has 0 N–H and O–H groups in total. The van der Waals surface area contributed by atoms with Crippen LogP contribution in [0.3, 0.4) is 0 Å². The molecule has 51 valence electrons. The van der Waals surface area contributed by atoms with Crippen molar-refractivity contribution in [2.45, 2.75) is 6.42 Å². The summed E-state index contributed by atoms with van der Waals surface area (Å²) in [7, 11) is 0. The highest BCUT2D eigenvalue weighted by Gasteiger charge is 2.03. The van der Waals surface area contributed by atoms with Crippen molar-refractivity contribution in [1.82, 2.24) is 4.90 Å². The van der Waals surface area contributed by atoms with Gasteiger partial charge in [-0.3, -0.25) is 4.90 Å². The van der Waals surface area contributed by atoms with E-state index in [-0.39, 0.29) is 6.61 Å². The van der Waals surface area contributed by atoms with Gasteiger partial charge in [0.15, 0.2) is 0 Å². The second kappa shape index (κ2) is 3.64. The Morgan fingerprint density at radius 1 is 1.44 bits per heavy atom. The van der Waals surface area contributed by atoms with E-state index in [9.17, 15) is 5.11 Å². The van der Waals surface area contributed by atoms with E-state index in [0.717, 1.165) is 19.5 Å². The Labute approximate surface area is 55.8 Å². The molecule has 0 aromatic carbocycles. The van der Waals surface area contributed by atoms with Crippen LogP contribution in [0.15, 0.2) is 12.2 Å². The summed E-state index contributed by atoms with van der Waals surface area (Å²) in [5, 5.41) is 10.1. The zero-order valence-electron chi connectivity index (χ0n) is 5.55. The predicted molar refractivity (Wildman–Crippen MR) is 35.8 cm³/mol. The standard InChI is InChI=1S/C7H12NO/c9-7-6-8-4-2-1-3-5-8/h1-2H,3-7H2. The lowest BCUT2D eigenvalue weighted by Gasteiger charge is -2.20. The number of rotatable bonds is 2. The minimum absolute atomic E-state index is 0.0356. The Hall–Kier alpha value is -0.340. The quantitative estimate of drug-likeness (QED) is 0.499. The third-order valence-electron chi connectivity index (χ3n) is 1.55. The summed E-state index contributed by atoms with van der Waals surface area (Å²) < 4.78 is 0. The van der Waals surface area contributed by atoms with Crippen molar-refractivity contribution in [2.24, 2.45) is 0 Å². The molecule has 1 radical (unpaired) electrons. The maximum atomic E-state index is 10.1. The zero-order chi connectivity index (χ0) is 6.53. The Kier molecular flexibility index (Phi) is 2.74. The normalized spacial score (nSPS) is 20.6. The van der Waals surface area contributed by atoms with Crippen molar-refractivity contribution in [3.05, 3.63) is 12.2 Å². The molecule has 0 unspecified atom stereocenters. The van der Waals surface area contributed by atoms with Crippen LogP contribution in [0.1, 0.15) is 6.42 Å². The summed E-state index contributed by atoms with van der Waals surface area (Å²) in [6.45, 7) is 2.79. The van der Waals surface area contributed by atoms with E-state index in [1.54, 1.807) is 0 Å². The van der Waals surface area contributed by atoms with E-state index >= 15 is 0 Å². The van der Waals surface area contributed by atoms with E-state index in [2.05, 4.69) is 17.1 Å². The molecule has 0 spiro atoms. The van der Waals surface area contributed by atoms with E-state index in [1.807, 2.05) is 0 Å². The molecule has 1 heterocycles. The summed E-state index contributed by atoms with van der Waals surface area (Å²) in [5.41, 5.74) is 0. The molecule has 9 heavy (non-hydrogen) atoms. The Morgan fingerprint density at radius 3 is 2.89 bits per heavy atom. The van der Waals surface area contributed by atoms with Gasteiger partial charge < -0.3 is 0 Å². The van der Waals surface area contributed by atoms with E-state index in [0.29, 0.717) is 6.54 Å². The molecule has 0 saturated carbocycles. The molecule has 1 rings (SSSR count). The fourth-order valence-electron chi connectivity index (χ4n) is 1.02. The molecule has 2 nitrogen and oxygen atoms in total. The number of hydrogen-bond acceptors (Lipinski definition) is 1. The van der Waals surface area contributed by atoms with Crippen LogP contribution in [0.5, 0.6) is 0 Å². The lowest BCUT2D eigenvalue weighted by Crippen LogP contribution is -2.29. The smallest absolute Gasteiger partial charge is 0.0949 e. The SMILES string of the molecule is [O]CCN1CC=CCC1. The first kappa shape index (κ1) is 6.78. The summed E-state index contributed by atoms with van der Waals surface area (Å²) in [6.07, 6.45) is 5.40. The molecular weight excluding hydrogens is 114 g/mol. The predicted octanol–water partition coefficient (Wildman–Crippen LogP) is 0.679. The molecule has 0 aromatic heterocycles. The first-order chi connectivity index (χ1) is 4.43. The monoisotopic (exact) mass is 126 g/mol. The van der Waals surface area contributed by atoms with E-state index in [1.165, 1.54) is 0 Å². The van der Waals surface area contributed by atoms with Crippen molar-refractivity contribution in [1.29, 1.82) is 0 Å². The van der Waals surface area contributed by atoms with Crippen LogP contribution in [0.2, 0.25) is 0 Å². The second-order valence-electron chi connectivity index (χ2n) is 2.26. The van der Waals surface area contributed by atoms with Crippen LogP contribution in [-0.2, 0) is 5.11 Å². The third-order valence-corrected chi connectivity index (χ3v) is 1.55. The third kappa shape index (κ3) is 2.16. The molecule has 0 fully saturated rings. The summed E-state index contributed by atoms with van der Waals surface area (Å²) in [4.78, 5) is 2.17. The molecule has 0 aliphatic carbocycles. The fourth-order valence-corrected chi connectivity index (χ4v) is 1.02. The van der Waals surface area contributed by atoms with Crippen molar-refractivity contribution >= 4 is 0 Å². The average molecular weight is 126 g/mol. The van der Waals surface area contributed by atoms with Gasteiger partial charge in [-0.05, 0) is 6.42 Å². The van der Waals surface area contributed by atoms with Gasteiger partial charge in [-0.15, -0.1) is 0 Å². The minimum atomic E-state index is 0.0356. The van der Waals surface area contributed by atoms with Crippen molar-refractivity contribution in [3.8, 4) is 0 Å². The first-order valence-corrected chi connectivity index (χ1v) is 3.39. The van der Waals surface area contributed by atoms with Crippen LogP contribution in [-0.4, -0.2) is 31.1 Å². The molecule has 1 aliphatic rings. The van der Waals surface area contributed by atoms with Gasteiger partial charge in [0.1, 0.15) is 0 Å². The molecule has 1 aliphatic heterocycles. The van der Waals surface area contributed by atoms with Gasteiger partial charge in [0.05, 0.1) is 6.61 Å². The van der Waals surface area contributed by atoms with Gasteiger partial charge in [-0.2, -0.15) is 0 Å². The zero-order valence-corrected chi connectivity index (χ0v) is 5.55. The summed E-state index contributed by atoms with van der Waals surface area (Å²) in [5.74, 6) is 0. The van der Waals surface area contributed by atoms with Crippen molar-refractivity contribution in [3.63, 3.8) is 0 Å². The van der Waals surface area contributed by atoms with E-state index in [4.69, 9.17) is 0 Å². The Morgan fingerprint density at radius 2 is 2.33 bits per heavy atom. The number of nitrogens with zero attached hydrogens (tertiary/aromatic N) is 1. The van der Waals surface area contributed by atoms with Crippen molar-refractivity contribution < 1.29 is 5.11 Å². The maximum Gasteiger partial charge on any atom is 0.0949 e. The van der Waals surface area contributed by atoms with Crippen molar-refractivity contribution in [2.75, 3.05) is 26.2 Å². The summed E-state index contributed by atoms with van der Waals surface area (Å²) in [6, 6.07) is 0. The molecule has 0 amide bonds. The Bertz CT molecular complexity index is 101. The van der Waals surface area contributed by atoms with Crippen LogP contribution < -0.4 is 0 Å². The van der Waals surface area contributed by atoms with Gasteiger partial charge in [-0.25, -0.2) is 5.11 Å². The topological polar surface area (TPSA) is 23.1 Å². The van der Waals surface area contributed by atoms with Crippen LogP contribution in [0.25, 0.3) is 0 Å².